The molecule has 0 saturated heterocycles. The Morgan fingerprint density at radius 3 is 1.10 bits per heavy atom. The summed E-state index contributed by atoms with van der Waals surface area (Å²) in [7, 11) is -6.00. The van der Waals surface area contributed by atoms with Crippen LogP contribution in [-0.2, 0) is 22.4 Å². The van der Waals surface area contributed by atoms with Crippen LogP contribution in [0.1, 0.15) is 33.4 Å². The van der Waals surface area contributed by atoms with Gasteiger partial charge in [0.05, 0.1) is 6.67 Å². The van der Waals surface area contributed by atoms with Gasteiger partial charge < -0.3 is 27.1 Å². The Kier molecular flexibility index (Phi) is 8.63. The Morgan fingerprint density at radius 2 is 0.862 bits per heavy atom. The molecule has 0 aromatic heterocycles. The maximum atomic E-state index is 9.75. The van der Waals surface area contributed by atoms with Crippen LogP contribution in [0.25, 0.3) is 0 Å². The summed E-state index contributed by atoms with van der Waals surface area (Å²) in [6.45, 7) is 14.0. The smallest absolute Gasteiger partial charge is 0.418 e. The van der Waals surface area contributed by atoms with Crippen LogP contribution in [-0.4, -0.2) is 13.9 Å². The number of hydrogen-bond donors (Lipinski definition) is 0. The Morgan fingerprint density at radius 1 is 0.621 bits per heavy atom. The fourth-order valence-electron chi connectivity index (χ4n) is 3.96. The molecule has 0 radical (unpaired) electrons. The maximum absolute atomic E-state index is 9.75. The van der Waals surface area contributed by atoms with Crippen LogP contribution in [0.2, 0.25) is 0 Å². The van der Waals surface area contributed by atoms with Gasteiger partial charge in [-0.2, -0.15) is 0 Å². The molecule has 0 unspecified atom stereocenters. The zero-order valence-electron chi connectivity index (χ0n) is 17.5. The standard InChI is InChI=1S/C21H26N2.Au.BF4/c1-14-9-16(3)20(17(4)10-14)22-7-8-23(13-22)21-18(5)11-15(2)12-19(21)6;;2-1(3,4)5/h7-12H,13H2,1-6H3;;/q;+1;-1. The summed E-state index contributed by atoms with van der Waals surface area (Å²) in [4.78, 5) is 4.70. The first-order valence-corrected chi connectivity index (χ1v) is 9.11. The minimum Gasteiger partial charge on any atom is -0.418 e. The second-order valence-corrected chi connectivity index (χ2v) is 7.37. The van der Waals surface area contributed by atoms with Crippen molar-refractivity contribution in [3.63, 3.8) is 0 Å². The molecule has 0 aliphatic carbocycles. The molecule has 0 amide bonds. The molecule has 2 nitrogen and oxygen atoms in total. The molecule has 8 heteroatoms. The molecular weight excluding hydrogens is 564 g/mol. The first-order valence-electron chi connectivity index (χ1n) is 9.11. The van der Waals surface area contributed by atoms with E-state index in [2.05, 4.69) is 88.0 Å². The Bertz CT molecular complexity index is 779. The minimum atomic E-state index is -6.00. The van der Waals surface area contributed by atoms with Crippen molar-refractivity contribution in [2.45, 2.75) is 41.5 Å². The van der Waals surface area contributed by atoms with Gasteiger partial charge in [-0.15, -0.1) is 0 Å². The second kappa shape index (κ2) is 9.87. The summed E-state index contributed by atoms with van der Waals surface area (Å²) in [5, 5.41) is 0. The third-order valence-corrected chi connectivity index (χ3v) is 4.58. The number of hydrogen-bond acceptors (Lipinski definition) is 2. The Labute approximate surface area is 186 Å². The molecule has 0 N–H and O–H groups in total. The molecule has 0 saturated carbocycles. The molecule has 2 aromatic rings. The van der Waals surface area contributed by atoms with Crippen LogP contribution in [0.4, 0.5) is 28.6 Å². The van der Waals surface area contributed by atoms with Gasteiger partial charge in [0, 0.05) is 23.8 Å². The largest absolute Gasteiger partial charge is 1.00 e. The van der Waals surface area contributed by atoms with Crippen molar-refractivity contribution in [3.8, 4) is 0 Å². The molecular formula is C21H26AuBF4N2. The van der Waals surface area contributed by atoms with E-state index < -0.39 is 7.25 Å². The topological polar surface area (TPSA) is 6.48 Å². The molecule has 0 bridgehead atoms. The van der Waals surface area contributed by atoms with E-state index in [9.17, 15) is 17.3 Å². The van der Waals surface area contributed by atoms with Crippen LogP contribution >= 0.6 is 0 Å². The summed E-state index contributed by atoms with van der Waals surface area (Å²) in [6, 6.07) is 9.06. The van der Waals surface area contributed by atoms with Crippen molar-refractivity contribution in [1.29, 1.82) is 0 Å². The van der Waals surface area contributed by atoms with Crippen molar-refractivity contribution in [2.24, 2.45) is 0 Å². The zero-order chi connectivity index (χ0) is 21.2. The van der Waals surface area contributed by atoms with Gasteiger partial charge in [0.25, 0.3) is 0 Å². The molecule has 29 heavy (non-hydrogen) atoms. The second-order valence-electron chi connectivity index (χ2n) is 7.37. The van der Waals surface area contributed by atoms with E-state index in [1.165, 1.54) is 44.8 Å². The molecule has 1 heterocycles. The van der Waals surface area contributed by atoms with E-state index in [-0.39, 0.29) is 22.4 Å². The number of benzene rings is 2. The fourth-order valence-corrected chi connectivity index (χ4v) is 3.96. The van der Waals surface area contributed by atoms with E-state index in [0.29, 0.717) is 0 Å². The van der Waals surface area contributed by atoms with Crippen molar-refractivity contribution >= 4 is 18.6 Å². The van der Waals surface area contributed by atoms with Crippen molar-refractivity contribution in [3.05, 3.63) is 70.0 Å². The van der Waals surface area contributed by atoms with E-state index >= 15 is 0 Å². The van der Waals surface area contributed by atoms with E-state index in [1.807, 2.05) is 0 Å². The normalized spacial score (nSPS) is 13.2. The molecule has 0 atom stereocenters. The average Bonchev–Trinajstić information content (AvgIpc) is 2.92. The third kappa shape index (κ3) is 6.94. The summed E-state index contributed by atoms with van der Waals surface area (Å²) < 4.78 is 39.0. The number of aryl methyl sites for hydroxylation is 6. The van der Waals surface area contributed by atoms with Crippen LogP contribution in [0.5, 0.6) is 0 Å². The van der Waals surface area contributed by atoms with Crippen molar-refractivity contribution in [2.75, 3.05) is 16.5 Å². The van der Waals surface area contributed by atoms with Gasteiger partial charge in [-0.05, 0) is 63.8 Å². The van der Waals surface area contributed by atoms with Gasteiger partial charge in [0.2, 0.25) is 0 Å². The summed E-state index contributed by atoms with van der Waals surface area (Å²) in [5.41, 5.74) is 10.7. The first kappa shape index (κ1) is 25.3. The predicted molar refractivity (Wildman–Crippen MR) is 110 cm³/mol. The van der Waals surface area contributed by atoms with Crippen LogP contribution in [0, 0.1) is 41.5 Å². The number of nitrogens with zero attached hydrogens (tertiary/aromatic N) is 2. The molecule has 3 rings (SSSR count). The number of rotatable bonds is 2. The Balaban J connectivity index is 0.000000628. The minimum absolute atomic E-state index is 0. The van der Waals surface area contributed by atoms with Crippen LogP contribution < -0.4 is 9.80 Å². The molecule has 2 aromatic carbocycles. The SMILES string of the molecule is Cc1cc(C)c(N2C=CN(c3c(C)cc(C)cc3C)C2)c(C)c1.F[B-](F)(F)F.[Au+]. The van der Waals surface area contributed by atoms with Crippen LogP contribution in [0.3, 0.4) is 0 Å². The van der Waals surface area contributed by atoms with Gasteiger partial charge in [-0.1, -0.05) is 35.4 Å². The van der Waals surface area contributed by atoms with Gasteiger partial charge in [-0.25, -0.2) is 0 Å². The summed E-state index contributed by atoms with van der Waals surface area (Å²) >= 11 is 0. The van der Waals surface area contributed by atoms with Gasteiger partial charge in [0.1, 0.15) is 0 Å². The summed E-state index contributed by atoms with van der Waals surface area (Å²) in [5.74, 6) is 0. The molecule has 1 aliphatic heterocycles. The molecule has 0 spiro atoms. The van der Waals surface area contributed by atoms with Crippen molar-refractivity contribution < 1.29 is 39.6 Å². The van der Waals surface area contributed by atoms with E-state index in [4.69, 9.17) is 0 Å². The van der Waals surface area contributed by atoms with Gasteiger partial charge in [-0.3, -0.25) is 0 Å². The maximum Gasteiger partial charge on any atom is 1.00 e. The van der Waals surface area contributed by atoms with E-state index in [0.717, 1.165) is 6.67 Å². The number of anilines is 2. The molecule has 0 fully saturated rings. The predicted octanol–water partition coefficient (Wildman–Crippen LogP) is 6.59. The molecule has 162 valence electrons. The van der Waals surface area contributed by atoms with Gasteiger partial charge in [0.15, 0.2) is 0 Å². The Hall–Kier alpha value is -1.69. The first-order chi connectivity index (χ1) is 12.9. The van der Waals surface area contributed by atoms with Crippen LogP contribution in [0.15, 0.2) is 36.7 Å². The summed E-state index contributed by atoms with van der Waals surface area (Å²) in [6.07, 6.45) is 4.40. The average molecular weight is 590 g/mol. The monoisotopic (exact) mass is 590 g/mol. The molecule has 1 aliphatic rings. The third-order valence-electron chi connectivity index (χ3n) is 4.58. The number of halogens is 4. The van der Waals surface area contributed by atoms with Gasteiger partial charge >= 0.3 is 29.6 Å². The zero-order valence-corrected chi connectivity index (χ0v) is 19.6. The quantitative estimate of drug-likeness (QED) is 0.288. The van der Waals surface area contributed by atoms with E-state index in [1.54, 1.807) is 0 Å². The fraction of sp³-hybridized carbons (Fsp3) is 0.333. The van der Waals surface area contributed by atoms with Crippen molar-refractivity contribution in [1.82, 2.24) is 0 Å².